The fraction of sp³-hybridized carbons (Fsp3) is 0.176. The maximum Gasteiger partial charge on any atom is 0.308 e. The number of hydrogen-bond donors (Lipinski definition) is 1. The van der Waals surface area contributed by atoms with Gasteiger partial charge in [0.1, 0.15) is 5.75 Å². The number of nitrogens with one attached hydrogen (secondary N) is 1. The van der Waals surface area contributed by atoms with Crippen molar-refractivity contribution in [2.45, 2.75) is 19.9 Å². The van der Waals surface area contributed by atoms with Gasteiger partial charge in [-0.15, -0.1) is 0 Å². The third kappa shape index (κ3) is 4.71. The van der Waals surface area contributed by atoms with E-state index in [1.54, 1.807) is 42.5 Å². The Labute approximate surface area is 144 Å². The first-order chi connectivity index (χ1) is 10.9. The summed E-state index contributed by atoms with van der Waals surface area (Å²) < 4.78 is 4.93. The van der Waals surface area contributed by atoms with Gasteiger partial charge in [0.05, 0.1) is 6.04 Å². The van der Waals surface area contributed by atoms with Gasteiger partial charge in [-0.1, -0.05) is 29.3 Å². The van der Waals surface area contributed by atoms with Gasteiger partial charge in [-0.25, -0.2) is 0 Å². The van der Waals surface area contributed by atoms with Gasteiger partial charge in [-0.3, -0.25) is 9.59 Å². The summed E-state index contributed by atoms with van der Waals surface area (Å²) in [7, 11) is 0. The molecule has 0 fully saturated rings. The predicted octanol–water partition coefficient (Wildman–Crippen LogP) is 4.41. The summed E-state index contributed by atoms with van der Waals surface area (Å²) in [6, 6.07) is 11.2. The van der Waals surface area contributed by atoms with E-state index in [0.717, 1.165) is 5.56 Å². The first kappa shape index (κ1) is 17.3. The van der Waals surface area contributed by atoms with Gasteiger partial charge < -0.3 is 10.1 Å². The Kier molecular flexibility index (Phi) is 5.64. The summed E-state index contributed by atoms with van der Waals surface area (Å²) in [4.78, 5) is 23.1. The molecule has 0 aliphatic heterocycles. The van der Waals surface area contributed by atoms with Crippen LogP contribution in [0.2, 0.25) is 10.0 Å². The zero-order valence-corrected chi connectivity index (χ0v) is 14.1. The number of carbonyl (C=O) groups is 2. The molecule has 0 spiro atoms. The van der Waals surface area contributed by atoms with Crippen molar-refractivity contribution in [2.75, 3.05) is 0 Å². The standard InChI is InChI=1S/C17H15Cl2NO3/c1-10(15-8-5-13(18)9-16(15)19)20-17(22)12-3-6-14(7-4-12)23-11(2)21/h3-10H,1-2H3,(H,20,22). The van der Waals surface area contributed by atoms with Gasteiger partial charge in [-0.2, -0.15) is 0 Å². The zero-order chi connectivity index (χ0) is 17.0. The van der Waals surface area contributed by atoms with Crippen molar-refractivity contribution in [1.29, 1.82) is 0 Å². The largest absolute Gasteiger partial charge is 0.427 e. The number of hydrogen-bond acceptors (Lipinski definition) is 3. The zero-order valence-electron chi connectivity index (χ0n) is 12.6. The third-order valence-electron chi connectivity index (χ3n) is 3.15. The molecule has 0 heterocycles. The molecule has 2 rings (SSSR count). The molecule has 2 aromatic rings. The van der Waals surface area contributed by atoms with E-state index >= 15 is 0 Å². The minimum absolute atomic E-state index is 0.252. The van der Waals surface area contributed by atoms with E-state index in [1.807, 2.05) is 6.92 Å². The van der Waals surface area contributed by atoms with Crippen molar-refractivity contribution in [3.63, 3.8) is 0 Å². The number of carbonyl (C=O) groups excluding carboxylic acids is 2. The first-order valence-electron chi connectivity index (χ1n) is 6.91. The quantitative estimate of drug-likeness (QED) is 0.655. The lowest BCUT2D eigenvalue weighted by atomic mass is 10.1. The van der Waals surface area contributed by atoms with Crippen molar-refractivity contribution in [3.8, 4) is 5.75 Å². The Hall–Kier alpha value is -2.04. The van der Waals surface area contributed by atoms with E-state index in [4.69, 9.17) is 27.9 Å². The van der Waals surface area contributed by atoms with Crippen LogP contribution in [-0.4, -0.2) is 11.9 Å². The molecule has 4 nitrogen and oxygen atoms in total. The first-order valence-corrected chi connectivity index (χ1v) is 7.66. The van der Waals surface area contributed by atoms with Crippen LogP contribution in [0.4, 0.5) is 0 Å². The van der Waals surface area contributed by atoms with E-state index in [1.165, 1.54) is 6.92 Å². The number of amides is 1. The molecule has 0 aliphatic rings. The van der Waals surface area contributed by atoms with Crippen LogP contribution < -0.4 is 10.1 Å². The Balaban J connectivity index is 2.07. The summed E-state index contributed by atoms with van der Waals surface area (Å²) in [6.45, 7) is 3.15. The van der Waals surface area contributed by atoms with Gasteiger partial charge >= 0.3 is 5.97 Å². The molecular weight excluding hydrogens is 337 g/mol. The fourth-order valence-corrected chi connectivity index (χ4v) is 2.62. The number of benzene rings is 2. The Morgan fingerprint density at radius 2 is 1.74 bits per heavy atom. The highest BCUT2D eigenvalue weighted by Gasteiger charge is 2.14. The highest BCUT2D eigenvalue weighted by atomic mass is 35.5. The average Bonchev–Trinajstić information content (AvgIpc) is 2.47. The molecule has 0 aromatic heterocycles. The molecule has 1 N–H and O–H groups in total. The van der Waals surface area contributed by atoms with Gasteiger partial charge in [0.15, 0.2) is 0 Å². The number of ether oxygens (including phenoxy) is 1. The van der Waals surface area contributed by atoms with E-state index in [-0.39, 0.29) is 11.9 Å². The van der Waals surface area contributed by atoms with Crippen molar-refractivity contribution >= 4 is 35.1 Å². The average molecular weight is 352 g/mol. The molecule has 120 valence electrons. The molecule has 23 heavy (non-hydrogen) atoms. The summed E-state index contributed by atoms with van der Waals surface area (Å²) >= 11 is 12.0. The molecule has 6 heteroatoms. The van der Waals surface area contributed by atoms with Gasteiger partial charge in [0.2, 0.25) is 0 Å². The Morgan fingerprint density at radius 3 is 2.30 bits per heavy atom. The van der Waals surface area contributed by atoms with Crippen LogP contribution in [0.1, 0.15) is 35.8 Å². The topological polar surface area (TPSA) is 55.4 Å². The molecule has 0 aliphatic carbocycles. The predicted molar refractivity (Wildman–Crippen MR) is 90.1 cm³/mol. The smallest absolute Gasteiger partial charge is 0.308 e. The highest BCUT2D eigenvalue weighted by molar-refractivity contribution is 6.35. The molecule has 2 aromatic carbocycles. The van der Waals surface area contributed by atoms with Crippen molar-refractivity contribution in [2.24, 2.45) is 0 Å². The third-order valence-corrected chi connectivity index (χ3v) is 3.72. The fourth-order valence-electron chi connectivity index (χ4n) is 2.05. The van der Waals surface area contributed by atoms with Crippen molar-refractivity contribution < 1.29 is 14.3 Å². The molecule has 0 saturated carbocycles. The SMILES string of the molecule is CC(=O)Oc1ccc(C(=O)NC(C)c2ccc(Cl)cc2Cl)cc1. The van der Waals surface area contributed by atoms with Crippen LogP contribution in [0.5, 0.6) is 5.75 Å². The van der Waals surface area contributed by atoms with Gasteiger partial charge in [0.25, 0.3) is 5.91 Å². The van der Waals surface area contributed by atoms with Crippen LogP contribution >= 0.6 is 23.2 Å². The van der Waals surface area contributed by atoms with E-state index in [2.05, 4.69) is 5.32 Å². The normalized spacial score (nSPS) is 11.7. The van der Waals surface area contributed by atoms with Crippen LogP contribution in [0, 0.1) is 0 Å². The second-order valence-corrected chi connectivity index (χ2v) is 5.82. The monoisotopic (exact) mass is 351 g/mol. The minimum atomic E-state index is -0.409. The second-order valence-electron chi connectivity index (χ2n) is 4.98. The Bertz CT molecular complexity index is 729. The molecule has 1 amide bonds. The highest BCUT2D eigenvalue weighted by Crippen LogP contribution is 2.26. The van der Waals surface area contributed by atoms with Crippen LogP contribution in [0.25, 0.3) is 0 Å². The lowest BCUT2D eigenvalue weighted by molar-refractivity contribution is -0.131. The minimum Gasteiger partial charge on any atom is -0.427 e. The number of rotatable bonds is 4. The summed E-state index contributed by atoms with van der Waals surface area (Å²) in [5.41, 5.74) is 1.23. The summed E-state index contributed by atoms with van der Waals surface area (Å²) in [5, 5.41) is 3.89. The van der Waals surface area contributed by atoms with Crippen LogP contribution in [-0.2, 0) is 4.79 Å². The molecule has 0 radical (unpaired) electrons. The van der Waals surface area contributed by atoms with E-state index < -0.39 is 5.97 Å². The van der Waals surface area contributed by atoms with Gasteiger partial charge in [-0.05, 0) is 48.9 Å². The maximum absolute atomic E-state index is 12.3. The molecule has 0 saturated heterocycles. The summed E-state index contributed by atoms with van der Waals surface area (Å²) in [5.74, 6) is -0.270. The van der Waals surface area contributed by atoms with Crippen molar-refractivity contribution in [1.82, 2.24) is 5.32 Å². The Morgan fingerprint density at radius 1 is 1.09 bits per heavy atom. The summed E-state index contributed by atoms with van der Waals surface area (Å²) in [6.07, 6.45) is 0. The number of halogens is 2. The van der Waals surface area contributed by atoms with Crippen molar-refractivity contribution in [3.05, 3.63) is 63.6 Å². The maximum atomic E-state index is 12.3. The second kappa shape index (κ2) is 7.49. The molecule has 0 bridgehead atoms. The molecule has 1 unspecified atom stereocenters. The van der Waals surface area contributed by atoms with Crippen LogP contribution in [0.15, 0.2) is 42.5 Å². The van der Waals surface area contributed by atoms with E-state index in [9.17, 15) is 9.59 Å². The molecular formula is C17H15Cl2NO3. The number of esters is 1. The van der Waals surface area contributed by atoms with Gasteiger partial charge in [0, 0.05) is 22.5 Å². The lowest BCUT2D eigenvalue weighted by Crippen LogP contribution is -2.26. The van der Waals surface area contributed by atoms with Crippen LogP contribution in [0.3, 0.4) is 0 Å². The van der Waals surface area contributed by atoms with E-state index in [0.29, 0.717) is 21.4 Å². The lowest BCUT2D eigenvalue weighted by Gasteiger charge is -2.16. The molecule has 1 atom stereocenters.